The molecule has 0 saturated heterocycles. The van der Waals surface area contributed by atoms with Crippen molar-refractivity contribution in [1.29, 1.82) is 0 Å². The third kappa shape index (κ3) is 1.69. The van der Waals surface area contributed by atoms with Gasteiger partial charge in [-0.25, -0.2) is 4.79 Å². The first-order valence-electron chi connectivity index (χ1n) is 7.77. The van der Waals surface area contributed by atoms with Gasteiger partial charge in [0.05, 0.1) is 5.56 Å². The molecule has 0 aliphatic carbocycles. The van der Waals surface area contributed by atoms with Gasteiger partial charge >= 0.3 is 7.40 Å². The number of ether oxygens (including phenoxy) is 2. The van der Waals surface area contributed by atoms with Crippen LogP contribution in [0.5, 0.6) is 23.0 Å². The third-order valence-electron chi connectivity index (χ3n) is 4.68. The Morgan fingerprint density at radius 3 is 2.04 bits per heavy atom. The van der Waals surface area contributed by atoms with Crippen LogP contribution in [0.25, 0.3) is 0 Å². The molecule has 5 rings (SSSR count). The molecule has 5 nitrogen and oxygen atoms in total. The highest BCUT2D eigenvalue weighted by Crippen LogP contribution is 2.56. The first-order valence-corrected chi connectivity index (χ1v) is 7.77. The van der Waals surface area contributed by atoms with E-state index in [1.54, 1.807) is 24.3 Å². The van der Waals surface area contributed by atoms with E-state index in [4.69, 9.17) is 9.47 Å². The predicted molar refractivity (Wildman–Crippen MR) is 89.1 cm³/mol. The van der Waals surface area contributed by atoms with Crippen LogP contribution in [0, 0.1) is 0 Å². The highest BCUT2D eigenvalue weighted by atomic mass is 16.6. The number of aromatic hydroxyl groups is 2. The third-order valence-corrected chi connectivity index (χ3v) is 4.68. The van der Waals surface area contributed by atoms with Crippen LogP contribution in [0.2, 0.25) is 0 Å². The van der Waals surface area contributed by atoms with Crippen LogP contribution >= 0.6 is 0 Å². The minimum Gasteiger partial charge on any atom is -0.508 e. The average Bonchev–Trinajstić information content (AvgIpc) is 2.88. The van der Waals surface area contributed by atoms with Crippen LogP contribution in [-0.4, -0.2) is 16.2 Å². The van der Waals surface area contributed by atoms with Crippen molar-refractivity contribution in [3.8, 4) is 23.0 Å². The zero-order valence-electron chi connectivity index (χ0n) is 13.9. The smallest absolute Gasteiger partial charge is 0.508 e. The van der Waals surface area contributed by atoms with Crippen LogP contribution in [0.1, 0.15) is 28.5 Å². The Kier molecular flexibility index (Phi) is 2.53. The summed E-state index contributed by atoms with van der Waals surface area (Å²) in [6.07, 6.45) is 0. The van der Waals surface area contributed by atoms with E-state index >= 15 is 0 Å². The largest absolute Gasteiger partial charge is 1.00 e. The predicted octanol–water partition coefficient (Wildman–Crippen LogP) is 3.78. The lowest BCUT2D eigenvalue weighted by Crippen LogP contribution is -2.32. The normalized spacial score (nSPS) is 15.8. The van der Waals surface area contributed by atoms with Crippen LogP contribution in [0.3, 0.4) is 0 Å². The Bertz CT molecular complexity index is 1010. The molecule has 2 N–H and O–H groups in total. The van der Waals surface area contributed by atoms with Gasteiger partial charge in [0.1, 0.15) is 23.0 Å². The van der Waals surface area contributed by atoms with Crippen LogP contribution in [-0.2, 0) is 10.3 Å². The fraction of sp³-hybridized carbons (Fsp3) is 0.0500. The minimum atomic E-state index is -1.17. The van der Waals surface area contributed by atoms with E-state index in [1.807, 2.05) is 12.1 Å². The second-order valence-electron chi connectivity index (χ2n) is 6.08. The monoisotopic (exact) mass is 333 g/mol. The van der Waals surface area contributed by atoms with Crippen molar-refractivity contribution in [1.82, 2.24) is 0 Å². The quantitative estimate of drug-likeness (QED) is 0.612. The summed E-state index contributed by atoms with van der Waals surface area (Å²) in [6, 6.07) is 16.6. The number of carbonyl (C=O) groups is 1. The molecule has 0 saturated carbocycles. The van der Waals surface area contributed by atoms with E-state index in [0.29, 0.717) is 33.8 Å². The molecule has 0 radical (unpaired) electrons. The summed E-state index contributed by atoms with van der Waals surface area (Å²) in [7, 11) is 0. The van der Waals surface area contributed by atoms with Gasteiger partial charge in [-0.1, -0.05) is 18.2 Å². The van der Waals surface area contributed by atoms with Crippen molar-refractivity contribution in [3.63, 3.8) is 0 Å². The molecule has 0 unspecified atom stereocenters. The van der Waals surface area contributed by atoms with Crippen LogP contribution < -0.4 is 4.74 Å². The Balaban J connectivity index is 0.00000168. The first kappa shape index (κ1) is 13.9. The first-order chi connectivity index (χ1) is 12.1. The van der Waals surface area contributed by atoms with Gasteiger partial charge in [-0.15, -0.1) is 0 Å². The van der Waals surface area contributed by atoms with Gasteiger partial charge in [-0.05, 0) is 30.3 Å². The van der Waals surface area contributed by atoms with E-state index in [9.17, 15) is 15.0 Å². The maximum atomic E-state index is 12.5. The van der Waals surface area contributed by atoms with E-state index in [-0.39, 0.29) is 12.9 Å². The van der Waals surface area contributed by atoms with Crippen molar-refractivity contribution < 1.29 is 25.9 Å². The average molecular weight is 333 g/mol. The Morgan fingerprint density at radius 1 is 0.800 bits per heavy atom. The summed E-state index contributed by atoms with van der Waals surface area (Å²) < 4.78 is 11.8. The molecule has 2 aliphatic heterocycles. The SMILES string of the molecule is O=C1OC2(c3ccc(O)cc3Oc3cc(O)ccc32)c2ccccc21.[H+]. The fourth-order valence-corrected chi connectivity index (χ4v) is 3.65. The second-order valence-corrected chi connectivity index (χ2v) is 6.08. The molecule has 0 bridgehead atoms. The van der Waals surface area contributed by atoms with Crippen molar-refractivity contribution in [2.75, 3.05) is 0 Å². The highest BCUT2D eigenvalue weighted by molar-refractivity contribution is 5.97. The van der Waals surface area contributed by atoms with Crippen molar-refractivity contribution in [3.05, 3.63) is 82.9 Å². The lowest BCUT2D eigenvalue weighted by Gasteiger charge is -2.36. The van der Waals surface area contributed by atoms with E-state index < -0.39 is 11.6 Å². The number of benzene rings is 3. The Labute approximate surface area is 144 Å². The van der Waals surface area contributed by atoms with E-state index in [1.165, 1.54) is 24.3 Å². The number of hydrogen-bond acceptors (Lipinski definition) is 5. The van der Waals surface area contributed by atoms with Gasteiger partial charge in [-0.2, -0.15) is 0 Å². The zero-order chi connectivity index (χ0) is 17.2. The summed E-state index contributed by atoms with van der Waals surface area (Å²) in [6.45, 7) is 0. The maximum absolute atomic E-state index is 12.5. The van der Waals surface area contributed by atoms with Crippen molar-refractivity contribution in [2.45, 2.75) is 5.60 Å². The molecule has 0 fully saturated rings. The standard InChI is InChI=1S/C20H12O5/c21-11-5-7-15-17(9-11)24-18-10-12(22)6-8-16(18)20(15)14-4-2-1-3-13(14)19(23)25-20/h1-10,21-22H/p+1. The molecule has 0 aromatic heterocycles. The molecule has 2 aliphatic rings. The van der Waals surface area contributed by atoms with Crippen molar-refractivity contribution in [2.24, 2.45) is 0 Å². The molecule has 5 heteroatoms. The highest BCUT2D eigenvalue weighted by Gasteiger charge is 2.53. The van der Waals surface area contributed by atoms with Gasteiger partial charge in [0.15, 0.2) is 5.60 Å². The zero-order valence-corrected chi connectivity index (χ0v) is 12.9. The van der Waals surface area contributed by atoms with Gasteiger partial charge in [0, 0.05) is 28.8 Å². The van der Waals surface area contributed by atoms with Gasteiger partial charge in [0.2, 0.25) is 0 Å². The summed E-state index contributed by atoms with van der Waals surface area (Å²) in [5.41, 5.74) is 1.28. The summed E-state index contributed by atoms with van der Waals surface area (Å²) in [5, 5.41) is 19.7. The molecule has 3 aromatic carbocycles. The molecular formula is C20H13O5+. The second kappa shape index (κ2) is 4.54. The Morgan fingerprint density at radius 2 is 1.40 bits per heavy atom. The molecule has 0 atom stereocenters. The molecule has 2 heterocycles. The van der Waals surface area contributed by atoms with Crippen molar-refractivity contribution >= 4 is 5.97 Å². The van der Waals surface area contributed by atoms with Crippen LogP contribution in [0.4, 0.5) is 0 Å². The van der Waals surface area contributed by atoms with E-state index in [0.717, 1.165) is 0 Å². The lowest BCUT2D eigenvalue weighted by molar-refractivity contribution is 0.0224. The topological polar surface area (TPSA) is 76.0 Å². The molecule has 122 valence electrons. The van der Waals surface area contributed by atoms with Gasteiger partial charge in [-0.3, -0.25) is 0 Å². The number of carbonyl (C=O) groups excluding carboxylic acids is 1. The molecule has 25 heavy (non-hydrogen) atoms. The molecule has 3 aromatic rings. The van der Waals surface area contributed by atoms with Gasteiger partial charge in [0.25, 0.3) is 0 Å². The Hall–Kier alpha value is -3.47. The number of rotatable bonds is 0. The lowest BCUT2D eigenvalue weighted by atomic mass is 9.77. The maximum Gasteiger partial charge on any atom is 1.00 e. The van der Waals surface area contributed by atoms with Crippen LogP contribution in [0.15, 0.2) is 60.7 Å². The summed E-state index contributed by atoms with van der Waals surface area (Å²) >= 11 is 0. The van der Waals surface area contributed by atoms with E-state index in [2.05, 4.69) is 0 Å². The summed E-state index contributed by atoms with van der Waals surface area (Å²) in [5.74, 6) is 0.408. The number of fused-ring (bicyclic) bond motifs is 6. The number of hydrogen-bond donors (Lipinski definition) is 2. The van der Waals surface area contributed by atoms with Gasteiger partial charge < -0.3 is 19.7 Å². The molecule has 0 amide bonds. The fourth-order valence-electron chi connectivity index (χ4n) is 3.65. The summed E-state index contributed by atoms with van der Waals surface area (Å²) in [4.78, 5) is 12.5. The number of phenols is 2. The number of esters is 1. The molecular weight excluding hydrogens is 320 g/mol. The molecule has 1 spiro atoms. The number of phenolic OH excluding ortho intramolecular Hbond substituents is 2. The minimum absolute atomic E-state index is 0.